The minimum Gasteiger partial charge on any atom is -0.484 e. The molecule has 2 aromatic carbocycles. The third-order valence-corrected chi connectivity index (χ3v) is 3.26. The van der Waals surface area contributed by atoms with Gasteiger partial charge in [0, 0.05) is 10.7 Å². The number of benzene rings is 2. The lowest BCUT2D eigenvalue weighted by Gasteiger charge is -2.10. The van der Waals surface area contributed by atoms with Gasteiger partial charge in [-0.05, 0) is 67.8 Å². The molecular formula is C17H18ClNO2. The molecule has 0 aliphatic heterocycles. The molecule has 0 fully saturated rings. The van der Waals surface area contributed by atoms with Crippen molar-refractivity contribution >= 4 is 23.2 Å². The van der Waals surface area contributed by atoms with Gasteiger partial charge >= 0.3 is 0 Å². The minimum absolute atomic E-state index is 0.0229. The number of amides is 1. The van der Waals surface area contributed by atoms with E-state index in [1.54, 1.807) is 12.1 Å². The molecule has 110 valence electrons. The highest BCUT2D eigenvalue weighted by Crippen LogP contribution is 2.20. The second-order valence-corrected chi connectivity index (χ2v) is 5.56. The third-order valence-electron chi connectivity index (χ3n) is 3.03. The van der Waals surface area contributed by atoms with Gasteiger partial charge in [-0.1, -0.05) is 17.7 Å². The van der Waals surface area contributed by atoms with Crippen LogP contribution in [0.4, 0.5) is 5.69 Å². The van der Waals surface area contributed by atoms with Crippen LogP contribution in [0.3, 0.4) is 0 Å². The SMILES string of the molecule is Cc1cc(C)cc(OCC(=O)Nc2ccc(Cl)cc2C)c1. The number of carbonyl (C=O) groups is 1. The summed E-state index contributed by atoms with van der Waals surface area (Å²) in [6.07, 6.45) is 0. The Balaban J connectivity index is 1.95. The first-order valence-corrected chi connectivity index (χ1v) is 7.09. The number of nitrogens with one attached hydrogen (secondary N) is 1. The predicted octanol–water partition coefficient (Wildman–Crippen LogP) is 4.28. The first-order valence-electron chi connectivity index (χ1n) is 6.71. The van der Waals surface area contributed by atoms with Gasteiger partial charge in [-0.15, -0.1) is 0 Å². The van der Waals surface area contributed by atoms with Gasteiger partial charge in [-0.25, -0.2) is 0 Å². The van der Waals surface area contributed by atoms with E-state index in [1.165, 1.54) is 0 Å². The molecule has 1 amide bonds. The highest BCUT2D eigenvalue weighted by molar-refractivity contribution is 6.30. The van der Waals surface area contributed by atoms with Crippen molar-refractivity contribution in [3.05, 3.63) is 58.1 Å². The fourth-order valence-electron chi connectivity index (χ4n) is 2.12. The molecule has 2 rings (SSSR count). The first-order chi connectivity index (χ1) is 9.94. The summed E-state index contributed by atoms with van der Waals surface area (Å²) in [5, 5.41) is 3.46. The second kappa shape index (κ2) is 6.64. The van der Waals surface area contributed by atoms with E-state index in [9.17, 15) is 4.79 Å². The van der Waals surface area contributed by atoms with Crippen molar-refractivity contribution < 1.29 is 9.53 Å². The molecule has 0 aromatic heterocycles. The van der Waals surface area contributed by atoms with Crippen LogP contribution in [0, 0.1) is 20.8 Å². The Hall–Kier alpha value is -2.00. The van der Waals surface area contributed by atoms with Crippen LogP contribution in [-0.4, -0.2) is 12.5 Å². The van der Waals surface area contributed by atoms with Crippen LogP contribution in [0.2, 0.25) is 5.02 Å². The van der Waals surface area contributed by atoms with Crippen LogP contribution >= 0.6 is 11.6 Å². The maximum atomic E-state index is 11.9. The molecule has 0 atom stereocenters. The minimum atomic E-state index is -0.195. The standard InChI is InChI=1S/C17H18ClNO2/c1-11-6-12(2)8-15(7-11)21-10-17(20)19-16-5-4-14(18)9-13(16)3/h4-9H,10H2,1-3H3,(H,19,20). The van der Waals surface area contributed by atoms with Gasteiger partial charge in [0.2, 0.25) is 0 Å². The Labute approximate surface area is 129 Å². The van der Waals surface area contributed by atoms with Crippen LogP contribution in [-0.2, 0) is 4.79 Å². The van der Waals surface area contributed by atoms with Crippen LogP contribution in [0.25, 0.3) is 0 Å². The van der Waals surface area contributed by atoms with Gasteiger partial charge in [0.1, 0.15) is 5.75 Å². The summed E-state index contributed by atoms with van der Waals surface area (Å²) in [6, 6.07) is 11.2. The number of hydrogen-bond acceptors (Lipinski definition) is 2. The molecule has 3 nitrogen and oxygen atoms in total. The number of rotatable bonds is 4. The van der Waals surface area contributed by atoms with Crippen molar-refractivity contribution in [2.45, 2.75) is 20.8 Å². The van der Waals surface area contributed by atoms with E-state index >= 15 is 0 Å². The van der Waals surface area contributed by atoms with Crippen molar-refractivity contribution in [3.8, 4) is 5.75 Å². The van der Waals surface area contributed by atoms with Crippen molar-refractivity contribution in [3.63, 3.8) is 0 Å². The molecule has 0 heterocycles. The lowest BCUT2D eigenvalue weighted by atomic mass is 10.1. The van der Waals surface area contributed by atoms with E-state index in [2.05, 4.69) is 11.4 Å². The zero-order chi connectivity index (χ0) is 15.4. The second-order valence-electron chi connectivity index (χ2n) is 5.12. The number of aryl methyl sites for hydroxylation is 3. The van der Waals surface area contributed by atoms with E-state index in [0.29, 0.717) is 10.8 Å². The molecule has 0 unspecified atom stereocenters. The fraction of sp³-hybridized carbons (Fsp3) is 0.235. The summed E-state index contributed by atoms with van der Waals surface area (Å²) >= 11 is 5.89. The zero-order valence-corrected chi connectivity index (χ0v) is 13.1. The van der Waals surface area contributed by atoms with E-state index in [4.69, 9.17) is 16.3 Å². The topological polar surface area (TPSA) is 38.3 Å². The lowest BCUT2D eigenvalue weighted by Crippen LogP contribution is -2.20. The zero-order valence-electron chi connectivity index (χ0n) is 12.4. The van der Waals surface area contributed by atoms with E-state index < -0.39 is 0 Å². The molecule has 2 aromatic rings. The largest absolute Gasteiger partial charge is 0.484 e. The van der Waals surface area contributed by atoms with E-state index in [1.807, 2.05) is 39.0 Å². The Bertz CT molecular complexity index is 648. The molecule has 0 bridgehead atoms. The normalized spacial score (nSPS) is 10.3. The van der Waals surface area contributed by atoms with E-state index in [-0.39, 0.29) is 12.5 Å². The Morgan fingerprint density at radius 1 is 1.10 bits per heavy atom. The van der Waals surface area contributed by atoms with Crippen molar-refractivity contribution in [1.82, 2.24) is 0 Å². The Morgan fingerprint density at radius 3 is 2.38 bits per heavy atom. The maximum absolute atomic E-state index is 11.9. The summed E-state index contributed by atoms with van der Waals surface area (Å²) < 4.78 is 5.53. The van der Waals surface area contributed by atoms with Crippen LogP contribution in [0.5, 0.6) is 5.75 Å². The first kappa shape index (κ1) is 15.4. The molecule has 1 N–H and O–H groups in total. The van der Waals surface area contributed by atoms with Gasteiger partial charge in [0.25, 0.3) is 5.91 Å². The summed E-state index contributed by atoms with van der Waals surface area (Å²) in [5.74, 6) is 0.509. The van der Waals surface area contributed by atoms with Gasteiger partial charge in [0.05, 0.1) is 0 Å². The summed E-state index contributed by atoms with van der Waals surface area (Å²) in [5.41, 5.74) is 3.88. The van der Waals surface area contributed by atoms with Crippen LogP contribution < -0.4 is 10.1 Å². The summed E-state index contributed by atoms with van der Waals surface area (Å²) in [4.78, 5) is 11.9. The average molecular weight is 304 g/mol. The molecule has 0 spiro atoms. The molecule has 21 heavy (non-hydrogen) atoms. The molecule has 0 saturated carbocycles. The molecule has 0 saturated heterocycles. The number of ether oxygens (including phenoxy) is 1. The molecule has 0 radical (unpaired) electrons. The van der Waals surface area contributed by atoms with Crippen LogP contribution in [0.15, 0.2) is 36.4 Å². The number of halogens is 1. The van der Waals surface area contributed by atoms with Gasteiger partial charge in [0.15, 0.2) is 6.61 Å². The quantitative estimate of drug-likeness (QED) is 0.915. The Kier molecular flexibility index (Phi) is 4.86. The summed E-state index contributed by atoms with van der Waals surface area (Å²) in [6.45, 7) is 5.87. The van der Waals surface area contributed by atoms with Crippen molar-refractivity contribution in [2.75, 3.05) is 11.9 Å². The predicted molar refractivity (Wildman–Crippen MR) is 86.2 cm³/mol. The Morgan fingerprint density at radius 2 is 1.76 bits per heavy atom. The number of hydrogen-bond donors (Lipinski definition) is 1. The number of carbonyl (C=O) groups excluding carboxylic acids is 1. The lowest BCUT2D eigenvalue weighted by molar-refractivity contribution is -0.118. The fourth-order valence-corrected chi connectivity index (χ4v) is 2.35. The van der Waals surface area contributed by atoms with E-state index in [0.717, 1.165) is 22.4 Å². The highest BCUT2D eigenvalue weighted by atomic mass is 35.5. The molecular weight excluding hydrogens is 286 g/mol. The van der Waals surface area contributed by atoms with Crippen LogP contribution in [0.1, 0.15) is 16.7 Å². The molecule has 0 aliphatic carbocycles. The summed E-state index contributed by atoms with van der Waals surface area (Å²) in [7, 11) is 0. The highest BCUT2D eigenvalue weighted by Gasteiger charge is 2.06. The number of anilines is 1. The van der Waals surface area contributed by atoms with Gasteiger partial charge in [-0.2, -0.15) is 0 Å². The smallest absolute Gasteiger partial charge is 0.262 e. The molecule has 4 heteroatoms. The average Bonchev–Trinajstić information content (AvgIpc) is 2.39. The van der Waals surface area contributed by atoms with Gasteiger partial charge in [-0.3, -0.25) is 4.79 Å². The molecule has 0 aliphatic rings. The maximum Gasteiger partial charge on any atom is 0.262 e. The third kappa shape index (κ3) is 4.50. The van der Waals surface area contributed by atoms with Crippen molar-refractivity contribution in [1.29, 1.82) is 0 Å². The van der Waals surface area contributed by atoms with Crippen molar-refractivity contribution in [2.24, 2.45) is 0 Å². The van der Waals surface area contributed by atoms with Gasteiger partial charge < -0.3 is 10.1 Å². The monoisotopic (exact) mass is 303 g/mol.